The molecule has 114 valence electrons. The molecule has 0 saturated carbocycles. The van der Waals surface area contributed by atoms with Crippen molar-refractivity contribution in [3.63, 3.8) is 0 Å². The van der Waals surface area contributed by atoms with Crippen molar-refractivity contribution in [2.24, 2.45) is 0 Å². The van der Waals surface area contributed by atoms with Gasteiger partial charge < -0.3 is 9.64 Å². The van der Waals surface area contributed by atoms with Gasteiger partial charge >= 0.3 is 0 Å². The van der Waals surface area contributed by atoms with E-state index in [4.69, 9.17) is 4.74 Å². The van der Waals surface area contributed by atoms with Gasteiger partial charge in [0, 0.05) is 12.6 Å². The molecule has 1 aromatic rings. The van der Waals surface area contributed by atoms with Gasteiger partial charge in [-0.3, -0.25) is 14.9 Å². The first-order chi connectivity index (χ1) is 9.93. The average Bonchev–Trinajstić information content (AvgIpc) is 2.46. The number of amides is 1. The zero-order chi connectivity index (χ0) is 15.6. The molecule has 0 radical (unpaired) electrons. The van der Waals surface area contributed by atoms with Gasteiger partial charge in [-0.25, -0.2) is 4.39 Å². The number of nitro benzene ring substituents is 1. The maximum atomic E-state index is 13.4. The lowest BCUT2D eigenvalue weighted by molar-refractivity contribution is -0.385. The van der Waals surface area contributed by atoms with E-state index >= 15 is 0 Å². The molecule has 1 heterocycles. The Morgan fingerprint density at radius 1 is 1.57 bits per heavy atom. The molecular formula is C14H17FN2O4. The molecule has 1 amide bonds. The maximum Gasteiger partial charge on any atom is 0.282 e. The van der Waals surface area contributed by atoms with Crippen LogP contribution in [0.1, 0.15) is 30.6 Å². The highest BCUT2D eigenvalue weighted by Gasteiger charge is 2.33. The van der Waals surface area contributed by atoms with Crippen LogP contribution in [0.5, 0.6) is 0 Å². The Hall–Kier alpha value is -2.02. The molecule has 1 aliphatic rings. The van der Waals surface area contributed by atoms with Crippen LogP contribution in [0.2, 0.25) is 0 Å². The third-order valence-electron chi connectivity index (χ3n) is 3.59. The van der Waals surface area contributed by atoms with Crippen LogP contribution >= 0.6 is 0 Å². The summed E-state index contributed by atoms with van der Waals surface area (Å²) < 4.78 is 18.9. The minimum absolute atomic E-state index is 0.149. The number of nitro groups is 1. The van der Waals surface area contributed by atoms with Crippen molar-refractivity contribution in [1.29, 1.82) is 0 Å². The van der Waals surface area contributed by atoms with Crippen molar-refractivity contribution in [3.8, 4) is 0 Å². The summed E-state index contributed by atoms with van der Waals surface area (Å²) in [6.45, 7) is 4.45. The fraction of sp³-hybridized carbons (Fsp3) is 0.500. The Morgan fingerprint density at radius 3 is 2.90 bits per heavy atom. The van der Waals surface area contributed by atoms with Crippen LogP contribution in [0.3, 0.4) is 0 Å². The fourth-order valence-corrected chi connectivity index (χ4v) is 2.42. The number of morpholine rings is 1. The quantitative estimate of drug-likeness (QED) is 0.634. The lowest BCUT2D eigenvalue weighted by Crippen LogP contribution is -2.51. The number of hydrogen-bond donors (Lipinski definition) is 0. The number of halogens is 1. The Kier molecular flexibility index (Phi) is 4.52. The second-order valence-electron chi connectivity index (χ2n) is 5.08. The minimum atomic E-state index is -0.669. The van der Waals surface area contributed by atoms with Gasteiger partial charge in [0.1, 0.15) is 11.4 Å². The van der Waals surface area contributed by atoms with Gasteiger partial charge in [0.15, 0.2) is 0 Å². The second-order valence-corrected chi connectivity index (χ2v) is 5.08. The molecule has 0 aliphatic carbocycles. The summed E-state index contributed by atoms with van der Waals surface area (Å²) in [5, 5.41) is 11.0. The molecule has 0 aromatic heterocycles. The topological polar surface area (TPSA) is 72.7 Å². The van der Waals surface area contributed by atoms with Gasteiger partial charge in [0.2, 0.25) is 0 Å². The molecule has 2 atom stereocenters. The second kappa shape index (κ2) is 6.17. The van der Waals surface area contributed by atoms with Crippen LogP contribution in [-0.4, -0.2) is 41.0 Å². The van der Waals surface area contributed by atoms with Gasteiger partial charge in [-0.15, -0.1) is 0 Å². The van der Waals surface area contributed by atoms with Gasteiger partial charge in [0.05, 0.1) is 23.7 Å². The monoisotopic (exact) mass is 296 g/mol. The molecule has 1 aliphatic heterocycles. The first-order valence-corrected chi connectivity index (χ1v) is 6.80. The van der Waals surface area contributed by atoms with Crippen LogP contribution in [-0.2, 0) is 4.74 Å². The van der Waals surface area contributed by atoms with E-state index in [1.54, 1.807) is 0 Å². The molecular weight excluding hydrogens is 279 g/mol. The predicted molar refractivity (Wildman–Crippen MR) is 73.6 cm³/mol. The van der Waals surface area contributed by atoms with Gasteiger partial charge in [-0.1, -0.05) is 6.92 Å². The van der Waals surface area contributed by atoms with Crippen molar-refractivity contribution in [2.45, 2.75) is 32.4 Å². The van der Waals surface area contributed by atoms with E-state index in [1.807, 2.05) is 13.8 Å². The van der Waals surface area contributed by atoms with Gasteiger partial charge in [-0.2, -0.15) is 0 Å². The summed E-state index contributed by atoms with van der Waals surface area (Å²) in [6.07, 6.45) is 0.519. The molecule has 6 nitrogen and oxygen atoms in total. The lowest BCUT2D eigenvalue weighted by Gasteiger charge is -2.38. The van der Waals surface area contributed by atoms with Gasteiger partial charge in [-0.05, 0) is 25.5 Å². The maximum absolute atomic E-state index is 13.4. The zero-order valence-electron chi connectivity index (χ0n) is 11.9. The summed E-state index contributed by atoms with van der Waals surface area (Å²) in [4.78, 5) is 24.5. The van der Waals surface area contributed by atoms with E-state index in [1.165, 1.54) is 4.90 Å². The number of carbonyl (C=O) groups excluding carboxylic acids is 1. The van der Waals surface area contributed by atoms with E-state index in [-0.39, 0.29) is 23.4 Å². The van der Waals surface area contributed by atoms with Crippen molar-refractivity contribution < 1.29 is 18.8 Å². The smallest absolute Gasteiger partial charge is 0.282 e. The van der Waals surface area contributed by atoms with Crippen molar-refractivity contribution in [3.05, 3.63) is 39.7 Å². The fourth-order valence-electron chi connectivity index (χ4n) is 2.42. The summed E-state index contributed by atoms with van der Waals surface area (Å²) in [7, 11) is 0. The molecule has 1 saturated heterocycles. The Labute approximate surface area is 121 Å². The normalized spacial score (nSPS) is 22.1. The Bertz CT molecular complexity index is 564. The summed E-state index contributed by atoms with van der Waals surface area (Å²) in [6, 6.07) is 2.77. The number of benzene rings is 1. The minimum Gasteiger partial charge on any atom is -0.375 e. The molecule has 2 rings (SSSR count). The first-order valence-electron chi connectivity index (χ1n) is 6.80. The third kappa shape index (κ3) is 3.18. The number of rotatable bonds is 3. The van der Waals surface area contributed by atoms with Crippen LogP contribution < -0.4 is 0 Å². The van der Waals surface area contributed by atoms with E-state index in [9.17, 15) is 19.3 Å². The molecule has 0 N–H and O–H groups in total. The average molecular weight is 296 g/mol. The van der Waals surface area contributed by atoms with Crippen molar-refractivity contribution in [1.82, 2.24) is 4.90 Å². The van der Waals surface area contributed by atoms with E-state index in [0.29, 0.717) is 19.6 Å². The van der Waals surface area contributed by atoms with Crippen LogP contribution in [0.15, 0.2) is 18.2 Å². The number of hydrogen-bond acceptors (Lipinski definition) is 4. The van der Waals surface area contributed by atoms with Crippen LogP contribution in [0.4, 0.5) is 10.1 Å². The standard InChI is InChI=1S/C14H17FN2O4/c1-3-11-8-21-9(2)7-16(11)14(18)12-6-10(15)4-5-13(12)17(19)20/h4-6,9,11H,3,7-8H2,1-2H3. The number of ether oxygens (including phenoxy) is 1. The van der Waals surface area contributed by atoms with Gasteiger partial charge in [0.25, 0.3) is 11.6 Å². The molecule has 7 heteroatoms. The first kappa shape index (κ1) is 15.4. The third-order valence-corrected chi connectivity index (χ3v) is 3.59. The molecule has 0 spiro atoms. The zero-order valence-corrected chi connectivity index (χ0v) is 11.9. The number of nitrogens with zero attached hydrogens (tertiary/aromatic N) is 2. The largest absolute Gasteiger partial charge is 0.375 e. The van der Waals surface area contributed by atoms with Crippen molar-refractivity contribution in [2.75, 3.05) is 13.2 Å². The van der Waals surface area contributed by atoms with E-state index in [2.05, 4.69) is 0 Å². The highest BCUT2D eigenvalue weighted by atomic mass is 19.1. The highest BCUT2D eigenvalue weighted by Crippen LogP contribution is 2.24. The van der Waals surface area contributed by atoms with Crippen LogP contribution in [0, 0.1) is 15.9 Å². The van der Waals surface area contributed by atoms with E-state index in [0.717, 1.165) is 18.2 Å². The van der Waals surface area contributed by atoms with Crippen molar-refractivity contribution >= 4 is 11.6 Å². The predicted octanol–water partition coefficient (Wildman–Crippen LogP) is 2.37. The summed E-state index contributed by atoms with van der Waals surface area (Å²) in [5.41, 5.74) is -0.594. The Morgan fingerprint density at radius 2 is 2.29 bits per heavy atom. The highest BCUT2D eigenvalue weighted by molar-refractivity contribution is 5.98. The molecule has 1 aromatic carbocycles. The Balaban J connectivity index is 2.38. The number of carbonyl (C=O) groups is 1. The summed E-state index contributed by atoms with van der Waals surface area (Å²) >= 11 is 0. The molecule has 21 heavy (non-hydrogen) atoms. The molecule has 1 fully saturated rings. The van der Waals surface area contributed by atoms with Crippen LogP contribution in [0.25, 0.3) is 0 Å². The lowest BCUT2D eigenvalue weighted by atomic mass is 10.1. The SMILES string of the molecule is CCC1COC(C)CN1C(=O)c1cc(F)ccc1[N+](=O)[O-]. The summed E-state index contributed by atoms with van der Waals surface area (Å²) in [5.74, 6) is -1.19. The van der Waals surface area contributed by atoms with E-state index < -0.39 is 16.6 Å². The molecule has 2 unspecified atom stereocenters. The molecule has 0 bridgehead atoms.